The maximum Gasteiger partial charge on any atom is 0.261 e. The third-order valence-electron chi connectivity index (χ3n) is 3.41. The average molecular weight is 286 g/mol. The first-order chi connectivity index (χ1) is 9.09. The van der Waals surface area contributed by atoms with Crippen LogP contribution in [-0.4, -0.2) is 19.4 Å². The predicted molar refractivity (Wildman–Crippen MR) is 70.6 cm³/mol. The molecule has 0 unspecified atom stereocenters. The van der Waals surface area contributed by atoms with Gasteiger partial charge in [-0.25, -0.2) is 22.5 Å². The van der Waals surface area contributed by atoms with Gasteiger partial charge in [0.05, 0.1) is 0 Å². The maximum atomic E-state index is 13.5. The molecule has 1 saturated carbocycles. The highest BCUT2D eigenvalue weighted by molar-refractivity contribution is 7.89. The van der Waals surface area contributed by atoms with Crippen molar-refractivity contribution in [3.8, 4) is 0 Å². The van der Waals surface area contributed by atoms with Crippen molar-refractivity contribution in [1.82, 2.24) is 9.71 Å². The maximum absolute atomic E-state index is 13.5. The van der Waals surface area contributed by atoms with E-state index in [1.165, 1.54) is 18.7 Å². The lowest BCUT2D eigenvalue weighted by Gasteiger charge is -2.20. The molecule has 0 spiro atoms. The van der Waals surface area contributed by atoms with Crippen molar-refractivity contribution in [2.24, 2.45) is 0 Å². The van der Waals surface area contributed by atoms with Crippen LogP contribution in [0.1, 0.15) is 44.9 Å². The van der Waals surface area contributed by atoms with Gasteiger partial charge in [-0.2, -0.15) is 0 Å². The molecule has 6 heteroatoms. The fourth-order valence-electron chi connectivity index (χ4n) is 2.42. The number of aromatic nitrogens is 1. The van der Waals surface area contributed by atoms with Crippen molar-refractivity contribution in [1.29, 1.82) is 0 Å². The Morgan fingerprint density at radius 2 is 1.79 bits per heavy atom. The Kier molecular flexibility index (Phi) is 4.87. The minimum absolute atomic E-state index is 0.105. The number of hydrogen-bond acceptors (Lipinski definition) is 3. The molecule has 0 radical (unpaired) electrons. The summed E-state index contributed by atoms with van der Waals surface area (Å²) in [7, 11) is -3.85. The molecule has 1 aromatic heterocycles. The van der Waals surface area contributed by atoms with Gasteiger partial charge in [-0.1, -0.05) is 32.1 Å². The standard InChI is InChI=1S/C13H19FN2O2S/c14-12-9-6-10-15-13(12)19(17,18)16-11-7-4-2-1-3-5-8-11/h6,9-11,16H,1-5,7-8H2. The molecule has 1 aliphatic rings. The molecule has 0 amide bonds. The fourth-order valence-corrected chi connectivity index (χ4v) is 3.73. The van der Waals surface area contributed by atoms with E-state index >= 15 is 0 Å². The van der Waals surface area contributed by atoms with Crippen LogP contribution in [0.15, 0.2) is 23.4 Å². The molecule has 1 N–H and O–H groups in total. The molecule has 0 bridgehead atoms. The summed E-state index contributed by atoms with van der Waals surface area (Å²) in [5.74, 6) is -0.805. The van der Waals surface area contributed by atoms with Gasteiger partial charge in [0.1, 0.15) is 0 Å². The number of nitrogens with zero attached hydrogens (tertiary/aromatic N) is 1. The number of hydrogen-bond donors (Lipinski definition) is 1. The Labute approximate surface area is 113 Å². The van der Waals surface area contributed by atoms with Gasteiger partial charge in [0, 0.05) is 12.2 Å². The average Bonchev–Trinajstić information content (AvgIpc) is 2.33. The van der Waals surface area contributed by atoms with Gasteiger partial charge in [-0.3, -0.25) is 0 Å². The van der Waals surface area contributed by atoms with Crippen LogP contribution >= 0.6 is 0 Å². The van der Waals surface area contributed by atoms with E-state index in [1.807, 2.05) is 0 Å². The van der Waals surface area contributed by atoms with Gasteiger partial charge in [-0.05, 0) is 25.0 Å². The molecule has 1 aliphatic carbocycles. The van der Waals surface area contributed by atoms with Crippen LogP contribution in [0.2, 0.25) is 0 Å². The van der Waals surface area contributed by atoms with Crippen LogP contribution in [0.3, 0.4) is 0 Å². The van der Waals surface area contributed by atoms with Crippen LogP contribution < -0.4 is 4.72 Å². The Morgan fingerprint density at radius 3 is 2.42 bits per heavy atom. The van der Waals surface area contributed by atoms with Crippen LogP contribution in [0.5, 0.6) is 0 Å². The van der Waals surface area contributed by atoms with Crippen LogP contribution in [-0.2, 0) is 10.0 Å². The number of sulfonamides is 1. The lowest BCUT2D eigenvalue weighted by atomic mass is 9.97. The molecule has 4 nitrogen and oxygen atoms in total. The molecule has 106 valence electrons. The summed E-state index contributed by atoms with van der Waals surface area (Å²) in [6, 6.07) is 2.39. The van der Waals surface area contributed by atoms with Crippen molar-refractivity contribution in [3.63, 3.8) is 0 Å². The lowest BCUT2D eigenvalue weighted by molar-refractivity contribution is 0.424. The molecular formula is C13H19FN2O2S. The van der Waals surface area contributed by atoms with E-state index in [1.54, 1.807) is 0 Å². The van der Waals surface area contributed by atoms with Gasteiger partial charge >= 0.3 is 0 Å². The number of pyridine rings is 1. The summed E-state index contributed by atoms with van der Waals surface area (Å²) < 4.78 is 40.3. The van der Waals surface area contributed by atoms with Crippen LogP contribution in [0.25, 0.3) is 0 Å². The zero-order chi connectivity index (χ0) is 13.7. The zero-order valence-electron chi connectivity index (χ0n) is 10.8. The van der Waals surface area contributed by atoms with E-state index in [2.05, 4.69) is 9.71 Å². The topological polar surface area (TPSA) is 59.1 Å². The molecule has 2 rings (SSSR count). The van der Waals surface area contributed by atoms with Gasteiger partial charge < -0.3 is 0 Å². The minimum atomic E-state index is -3.85. The quantitative estimate of drug-likeness (QED) is 0.929. The molecule has 1 aromatic rings. The molecular weight excluding hydrogens is 267 g/mol. The van der Waals surface area contributed by atoms with E-state index < -0.39 is 20.9 Å². The molecule has 0 atom stereocenters. The highest BCUT2D eigenvalue weighted by Gasteiger charge is 2.24. The SMILES string of the molecule is O=S(=O)(NC1CCCCCCC1)c1ncccc1F. The van der Waals surface area contributed by atoms with Crippen LogP contribution in [0.4, 0.5) is 4.39 Å². The normalized spacial score (nSPS) is 18.8. The van der Waals surface area contributed by atoms with Crippen molar-refractivity contribution in [2.75, 3.05) is 0 Å². The third-order valence-corrected chi connectivity index (χ3v) is 4.86. The van der Waals surface area contributed by atoms with E-state index in [0.717, 1.165) is 44.6 Å². The Balaban J connectivity index is 2.10. The first-order valence-electron chi connectivity index (χ1n) is 6.72. The third kappa shape index (κ3) is 3.98. The predicted octanol–water partition coefficient (Wildman–Crippen LogP) is 2.61. The zero-order valence-corrected chi connectivity index (χ0v) is 11.6. The van der Waals surface area contributed by atoms with Gasteiger partial charge in [0.2, 0.25) is 5.03 Å². The highest BCUT2D eigenvalue weighted by atomic mass is 32.2. The Hall–Kier alpha value is -1.01. The molecule has 1 fully saturated rings. The van der Waals surface area contributed by atoms with E-state index in [0.29, 0.717) is 0 Å². The fraction of sp³-hybridized carbons (Fsp3) is 0.615. The minimum Gasteiger partial charge on any atom is -0.241 e. The van der Waals surface area contributed by atoms with Crippen LogP contribution in [0, 0.1) is 5.82 Å². The summed E-state index contributed by atoms with van der Waals surface area (Å²) >= 11 is 0. The second-order valence-corrected chi connectivity index (χ2v) is 6.58. The summed E-state index contributed by atoms with van der Waals surface area (Å²) in [4.78, 5) is 3.63. The number of halogens is 1. The smallest absolute Gasteiger partial charge is 0.241 e. The molecule has 0 saturated heterocycles. The summed E-state index contributed by atoms with van der Waals surface area (Å²) in [5.41, 5.74) is 0. The molecule has 19 heavy (non-hydrogen) atoms. The van der Waals surface area contributed by atoms with E-state index in [-0.39, 0.29) is 6.04 Å². The van der Waals surface area contributed by atoms with Crippen molar-refractivity contribution >= 4 is 10.0 Å². The Bertz CT molecular complexity index is 511. The van der Waals surface area contributed by atoms with Gasteiger partial charge in [0.25, 0.3) is 10.0 Å². The second kappa shape index (κ2) is 6.43. The highest BCUT2D eigenvalue weighted by Crippen LogP contribution is 2.19. The van der Waals surface area contributed by atoms with E-state index in [4.69, 9.17) is 0 Å². The molecule has 0 aliphatic heterocycles. The van der Waals surface area contributed by atoms with E-state index in [9.17, 15) is 12.8 Å². The Morgan fingerprint density at radius 1 is 1.16 bits per heavy atom. The number of nitrogens with one attached hydrogen (secondary N) is 1. The molecule has 1 heterocycles. The largest absolute Gasteiger partial charge is 0.261 e. The molecule has 0 aromatic carbocycles. The van der Waals surface area contributed by atoms with Crippen molar-refractivity contribution in [3.05, 3.63) is 24.1 Å². The van der Waals surface area contributed by atoms with Gasteiger partial charge in [0.15, 0.2) is 5.82 Å². The van der Waals surface area contributed by atoms with Crippen molar-refractivity contribution < 1.29 is 12.8 Å². The second-order valence-electron chi connectivity index (χ2n) is 4.95. The first kappa shape index (κ1) is 14.4. The van der Waals surface area contributed by atoms with Gasteiger partial charge in [-0.15, -0.1) is 0 Å². The van der Waals surface area contributed by atoms with Crippen molar-refractivity contribution in [2.45, 2.75) is 56.0 Å². The monoisotopic (exact) mass is 286 g/mol. The lowest BCUT2D eigenvalue weighted by Crippen LogP contribution is -2.36. The summed E-state index contributed by atoms with van der Waals surface area (Å²) in [6.45, 7) is 0. The first-order valence-corrected chi connectivity index (χ1v) is 8.21. The summed E-state index contributed by atoms with van der Waals surface area (Å²) in [5, 5.41) is -0.503. The number of rotatable bonds is 3. The summed E-state index contributed by atoms with van der Waals surface area (Å²) in [6.07, 6.45) is 8.42.